The lowest BCUT2D eigenvalue weighted by molar-refractivity contribution is 0.104. The van der Waals surface area contributed by atoms with Crippen LogP contribution in [0.1, 0.15) is 21.5 Å². The number of rotatable bonds is 5. The first-order valence-corrected chi connectivity index (χ1v) is 8.78. The van der Waals surface area contributed by atoms with Crippen LogP contribution < -0.4 is 0 Å². The van der Waals surface area contributed by atoms with Crippen LogP contribution in [-0.4, -0.2) is 12.0 Å². The van der Waals surface area contributed by atoms with Crippen LogP contribution in [-0.2, 0) is 0 Å². The molecule has 0 saturated heterocycles. The van der Waals surface area contributed by atoms with Crippen LogP contribution in [0.2, 0.25) is 0 Å². The lowest BCUT2D eigenvalue weighted by Gasteiger charge is -1.99. The van der Waals surface area contributed by atoms with Gasteiger partial charge < -0.3 is 0 Å². The van der Waals surface area contributed by atoms with Gasteiger partial charge in [-0.3, -0.25) is 9.79 Å². The van der Waals surface area contributed by atoms with Gasteiger partial charge in [0.05, 0.1) is 5.69 Å². The molecule has 0 amide bonds. The molecule has 0 spiro atoms. The Kier molecular flexibility index (Phi) is 5.87. The minimum atomic E-state index is -0.332. The van der Waals surface area contributed by atoms with Crippen molar-refractivity contribution in [3.63, 3.8) is 0 Å². The predicted octanol–water partition coefficient (Wildman–Crippen LogP) is 6.23. The highest BCUT2D eigenvalue weighted by Gasteiger charge is 2.03. The molecule has 3 aromatic rings. The van der Waals surface area contributed by atoms with Crippen molar-refractivity contribution in [2.75, 3.05) is 0 Å². The molecule has 3 rings (SSSR count). The first kappa shape index (κ1) is 18.0. The fourth-order valence-electron chi connectivity index (χ4n) is 2.31. The van der Waals surface area contributed by atoms with Crippen molar-refractivity contribution in [3.05, 3.63) is 106 Å². The second-order valence-electron chi connectivity index (χ2n) is 5.58. The summed E-state index contributed by atoms with van der Waals surface area (Å²) >= 11 is 3.38. The Morgan fingerprint density at radius 3 is 2.50 bits per heavy atom. The molecule has 0 radical (unpaired) electrons. The fraction of sp³-hybridized carbons (Fsp3) is 0. The molecule has 0 N–H and O–H groups in total. The summed E-state index contributed by atoms with van der Waals surface area (Å²) in [6.45, 7) is 0. The third-order valence-corrected chi connectivity index (χ3v) is 4.21. The molecule has 3 aromatic carbocycles. The molecule has 0 fully saturated rings. The summed E-state index contributed by atoms with van der Waals surface area (Å²) in [5.74, 6) is -0.447. The molecule has 0 saturated carbocycles. The first-order chi connectivity index (χ1) is 12.6. The van der Waals surface area contributed by atoms with Crippen molar-refractivity contribution >= 4 is 39.7 Å². The van der Waals surface area contributed by atoms with Gasteiger partial charge in [0.1, 0.15) is 5.82 Å². The van der Waals surface area contributed by atoms with E-state index in [2.05, 4.69) is 20.9 Å². The van der Waals surface area contributed by atoms with Gasteiger partial charge in [-0.25, -0.2) is 4.39 Å². The van der Waals surface area contributed by atoms with Crippen molar-refractivity contribution in [2.24, 2.45) is 4.99 Å². The third kappa shape index (κ3) is 4.83. The molecule has 26 heavy (non-hydrogen) atoms. The summed E-state index contributed by atoms with van der Waals surface area (Å²) < 4.78 is 14.6. The van der Waals surface area contributed by atoms with E-state index in [1.807, 2.05) is 24.3 Å². The first-order valence-electron chi connectivity index (χ1n) is 7.98. The average Bonchev–Trinajstić information content (AvgIpc) is 2.67. The summed E-state index contributed by atoms with van der Waals surface area (Å²) in [6, 6.07) is 21.0. The van der Waals surface area contributed by atoms with Gasteiger partial charge in [0, 0.05) is 21.8 Å². The van der Waals surface area contributed by atoms with Gasteiger partial charge in [-0.2, -0.15) is 0 Å². The van der Waals surface area contributed by atoms with Crippen LogP contribution in [0.15, 0.2) is 88.3 Å². The maximum Gasteiger partial charge on any atom is 0.185 e. The van der Waals surface area contributed by atoms with E-state index >= 15 is 0 Å². The van der Waals surface area contributed by atoms with E-state index in [-0.39, 0.29) is 11.6 Å². The summed E-state index contributed by atoms with van der Waals surface area (Å²) in [4.78, 5) is 16.6. The zero-order valence-corrected chi connectivity index (χ0v) is 15.4. The zero-order valence-electron chi connectivity index (χ0n) is 13.8. The van der Waals surface area contributed by atoms with Crippen molar-refractivity contribution < 1.29 is 9.18 Å². The number of halogens is 2. The molecule has 0 atom stereocenters. The van der Waals surface area contributed by atoms with E-state index in [0.29, 0.717) is 16.8 Å². The van der Waals surface area contributed by atoms with Gasteiger partial charge in [0.15, 0.2) is 5.78 Å². The Bertz CT molecular complexity index is 977. The standard InChI is InChI=1S/C22H15BrFNO/c23-19-11-8-16(9-12-19)10-13-22(26)17-5-3-6-20(14-17)25-15-18-4-1-2-7-21(18)24/h1-15H/b13-10+,25-15?. The number of carbonyl (C=O) groups is 1. The molecule has 0 aliphatic carbocycles. The molecule has 4 heteroatoms. The monoisotopic (exact) mass is 407 g/mol. The maximum absolute atomic E-state index is 13.6. The van der Waals surface area contributed by atoms with Gasteiger partial charge in [-0.15, -0.1) is 0 Å². The van der Waals surface area contributed by atoms with Crippen LogP contribution in [0, 0.1) is 5.82 Å². The highest BCUT2D eigenvalue weighted by Crippen LogP contribution is 2.17. The van der Waals surface area contributed by atoms with Gasteiger partial charge in [-0.1, -0.05) is 64.5 Å². The molecule has 0 aliphatic rings. The normalized spacial score (nSPS) is 11.3. The Morgan fingerprint density at radius 2 is 1.73 bits per heavy atom. The number of aliphatic imine (C=N–C) groups is 1. The number of carbonyl (C=O) groups excluding carboxylic acids is 1. The average molecular weight is 408 g/mol. The van der Waals surface area contributed by atoms with Crippen LogP contribution >= 0.6 is 15.9 Å². The molecular formula is C22H15BrFNO. The second-order valence-corrected chi connectivity index (χ2v) is 6.49. The van der Waals surface area contributed by atoms with E-state index in [9.17, 15) is 9.18 Å². The highest BCUT2D eigenvalue weighted by molar-refractivity contribution is 9.10. The summed E-state index contributed by atoms with van der Waals surface area (Å²) in [6.07, 6.45) is 4.75. The van der Waals surface area contributed by atoms with Gasteiger partial charge >= 0.3 is 0 Å². The van der Waals surface area contributed by atoms with Crippen LogP contribution in [0.3, 0.4) is 0 Å². The lowest BCUT2D eigenvalue weighted by Crippen LogP contribution is -1.93. The van der Waals surface area contributed by atoms with Crippen molar-refractivity contribution in [1.29, 1.82) is 0 Å². The summed E-state index contributed by atoms with van der Waals surface area (Å²) in [7, 11) is 0. The van der Waals surface area contributed by atoms with E-state index < -0.39 is 0 Å². The minimum absolute atomic E-state index is 0.115. The molecule has 0 aromatic heterocycles. The number of ketones is 1. The van der Waals surface area contributed by atoms with Crippen LogP contribution in [0.4, 0.5) is 10.1 Å². The number of nitrogens with zero attached hydrogens (tertiary/aromatic N) is 1. The van der Waals surface area contributed by atoms with Crippen LogP contribution in [0.5, 0.6) is 0 Å². The SMILES string of the molecule is O=C(/C=C/c1ccc(Br)cc1)c1cccc(N=Cc2ccccc2F)c1. The van der Waals surface area contributed by atoms with Gasteiger partial charge in [0.25, 0.3) is 0 Å². The summed E-state index contributed by atoms with van der Waals surface area (Å²) in [5, 5.41) is 0. The number of benzene rings is 3. The van der Waals surface area contributed by atoms with Gasteiger partial charge in [0.2, 0.25) is 0 Å². The van der Waals surface area contributed by atoms with Gasteiger partial charge in [-0.05, 0) is 42.0 Å². The Balaban J connectivity index is 1.75. The number of allylic oxidation sites excluding steroid dienone is 1. The molecule has 0 unspecified atom stereocenters. The topological polar surface area (TPSA) is 29.4 Å². The predicted molar refractivity (Wildman–Crippen MR) is 108 cm³/mol. The molecular weight excluding hydrogens is 393 g/mol. The second kappa shape index (κ2) is 8.50. The molecule has 0 heterocycles. The largest absolute Gasteiger partial charge is 0.289 e. The molecule has 0 aliphatic heterocycles. The fourth-order valence-corrected chi connectivity index (χ4v) is 2.57. The number of hydrogen-bond acceptors (Lipinski definition) is 2. The molecule has 128 valence electrons. The van der Waals surface area contributed by atoms with E-state index in [1.54, 1.807) is 48.5 Å². The van der Waals surface area contributed by atoms with Crippen LogP contribution in [0.25, 0.3) is 6.08 Å². The maximum atomic E-state index is 13.6. The highest BCUT2D eigenvalue weighted by atomic mass is 79.9. The van der Waals surface area contributed by atoms with E-state index in [1.165, 1.54) is 18.4 Å². The Morgan fingerprint density at radius 1 is 0.962 bits per heavy atom. The number of hydrogen-bond donors (Lipinski definition) is 0. The molecule has 0 bridgehead atoms. The Hall–Kier alpha value is -2.85. The van der Waals surface area contributed by atoms with Crippen molar-refractivity contribution in [1.82, 2.24) is 0 Å². The van der Waals surface area contributed by atoms with Crippen molar-refractivity contribution in [3.8, 4) is 0 Å². The van der Waals surface area contributed by atoms with E-state index in [4.69, 9.17) is 0 Å². The quantitative estimate of drug-likeness (QED) is 0.279. The zero-order chi connectivity index (χ0) is 18.4. The van der Waals surface area contributed by atoms with Crippen molar-refractivity contribution in [2.45, 2.75) is 0 Å². The smallest absolute Gasteiger partial charge is 0.185 e. The van der Waals surface area contributed by atoms with E-state index in [0.717, 1.165) is 10.0 Å². The summed E-state index contributed by atoms with van der Waals surface area (Å²) in [5.41, 5.74) is 2.47. The third-order valence-electron chi connectivity index (χ3n) is 3.69. The lowest BCUT2D eigenvalue weighted by atomic mass is 10.1. The molecule has 2 nitrogen and oxygen atoms in total. The minimum Gasteiger partial charge on any atom is -0.289 e. The Labute approximate surface area is 159 Å².